The number of thioether (sulfide) groups is 1. The first-order valence-electron chi connectivity index (χ1n) is 9.08. The minimum Gasteiger partial charge on any atom is -0.325 e. The van der Waals surface area contributed by atoms with Crippen LogP contribution in [0.4, 0.5) is 11.4 Å². The van der Waals surface area contributed by atoms with Gasteiger partial charge in [0.1, 0.15) is 4.21 Å². The van der Waals surface area contributed by atoms with E-state index in [0.29, 0.717) is 5.69 Å². The molecule has 30 heavy (non-hydrogen) atoms. The molecule has 0 saturated heterocycles. The maximum absolute atomic E-state index is 12.4. The van der Waals surface area contributed by atoms with Gasteiger partial charge in [-0.05, 0) is 47.2 Å². The number of thiophene rings is 1. The largest absolute Gasteiger partial charge is 0.325 e. The fourth-order valence-corrected chi connectivity index (χ4v) is 5.66. The van der Waals surface area contributed by atoms with Crippen LogP contribution in [0.5, 0.6) is 0 Å². The Balaban J connectivity index is 1.35. The summed E-state index contributed by atoms with van der Waals surface area (Å²) in [4.78, 5) is 13.3. The monoisotopic (exact) mass is 454 g/mol. The molecule has 3 aromatic carbocycles. The molecule has 1 amide bonds. The molecule has 4 rings (SSSR count). The highest BCUT2D eigenvalue weighted by molar-refractivity contribution is 8.00. The van der Waals surface area contributed by atoms with E-state index in [4.69, 9.17) is 0 Å². The van der Waals surface area contributed by atoms with Crippen LogP contribution in [0, 0.1) is 0 Å². The summed E-state index contributed by atoms with van der Waals surface area (Å²) in [6.07, 6.45) is 0. The number of fused-ring (bicyclic) bond motifs is 1. The van der Waals surface area contributed by atoms with Crippen LogP contribution in [-0.2, 0) is 14.8 Å². The maximum atomic E-state index is 12.4. The van der Waals surface area contributed by atoms with Crippen LogP contribution in [0.3, 0.4) is 0 Å². The lowest BCUT2D eigenvalue weighted by atomic mass is 10.1. The van der Waals surface area contributed by atoms with Crippen LogP contribution in [-0.4, -0.2) is 20.1 Å². The lowest BCUT2D eigenvalue weighted by molar-refractivity contribution is -0.113. The molecule has 1 heterocycles. The van der Waals surface area contributed by atoms with Crippen molar-refractivity contribution in [3.8, 4) is 0 Å². The number of benzene rings is 3. The SMILES string of the molecule is O=C(CSc1ccc(NS(=O)(=O)c2cccs2)cc1)Nc1cccc2ccccc12. The van der Waals surface area contributed by atoms with Crippen molar-refractivity contribution >= 4 is 61.2 Å². The van der Waals surface area contributed by atoms with Crippen molar-refractivity contribution < 1.29 is 13.2 Å². The van der Waals surface area contributed by atoms with E-state index in [2.05, 4.69) is 10.0 Å². The number of sulfonamides is 1. The van der Waals surface area contributed by atoms with Crippen LogP contribution in [0.1, 0.15) is 0 Å². The third-order valence-electron chi connectivity index (χ3n) is 4.30. The molecule has 0 aliphatic carbocycles. The van der Waals surface area contributed by atoms with Crippen LogP contribution in [0.2, 0.25) is 0 Å². The Morgan fingerprint density at radius 3 is 2.43 bits per heavy atom. The van der Waals surface area contributed by atoms with Crippen molar-refractivity contribution in [1.82, 2.24) is 0 Å². The van der Waals surface area contributed by atoms with Crippen LogP contribution < -0.4 is 10.0 Å². The number of anilines is 2. The molecule has 152 valence electrons. The molecule has 5 nitrogen and oxygen atoms in total. The van der Waals surface area contributed by atoms with Gasteiger partial charge in [-0.15, -0.1) is 23.1 Å². The highest BCUT2D eigenvalue weighted by Crippen LogP contribution is 2.25. The molecule has 0 aliphatic rings. The summed E-state index contributed by atoms with van der Waals surface area (Å²) in [6, 6.07) is 23.9. The lowest BCUT2D eigenvalue weighted by Gasteiger charge is -2.09. The van der Waals surface area contributed by atoms with E-state index in [0.717, 1.165) is 21.4 Å². The Bertz CT molecular complexity index is 1260. The summed E-state index contributed by atoms with van der Waals surface area (Å²) in [5.74, 6) is 0.155. The van der Waals surface area contributed by atoms with E-state index in [1.54, 1.807) is 41.8 Å². The summed E-state index contributed by atoms with van der Waals surface area (Å²) in [5, 5.41) is 6.76. The van der Waals surface area contributed by atoms with Crippen LogP contribution in [0.15, 0.2) is 93.3 Å². The Morgan fingerprint density at radius 1 is 0.900 bits per heavy atom. The van der Waals surface area contributed by atoms with Crippen molar-refractivity contribution in [3.63, 3.8) is 0 Å². The predicted molar refractivity (Wildman–Crippen MR) is 125 cm³/mol. The van der Waals surface area contributed by atoms with E-state index < -0.39 is 10.0 Å². The van der Waals surface area contributed by atoms with Gasteiger partial charge in [0.25, 0.3) is 10.0 Å². The average Bonchev–Trinajstić information content (AvgIpc) is 3.29. The van der Waals surface area contributed by atoms with Gasteiger partial charge in [0.15, 0.2) is 0 Å². The minimum absolute atomic E-state index is 0.0983. The zero-order valence-corrected chi connectivity index (χ0v) is 18.2. The molecule has 1 aromatic heterocycles. The number of rotatable bonds is 7. The molecule has 0 aliphatic heterocycles. The molecule has 0 atom stereocenters. The van der Waals surface area contributed by atoms with E-state index in [-0.39, 0.29) is 15.9 Å². The molecular formula is C22H18N2O3S3. The quantitative estimate of drug-likeness (QED) is 0.365. The number of hydrogen-bond acceptors (Lipinski definition) is 5. The molecule has 0 unspecified atom stereocenters. The second kappa shape index (κ2) is 8.91. The topological polar surface area (TPSA) is 75.3 Å². The number of nitrogens with one attached hydrogen (secondary N) is 2. The summed E-state index contributed by atoms with van der Waals surface area (Å²) in [7, 11) is -3.56. The first-order valence-corrected chi connectivity index (χ1v) is 12.4. The van der Waals surface area contributed by atoms with Gasteiger partial charge in [0.05, 0.1) is 5.75 Å². The van der Waals surface area contributed by atoms with Gasteiger partial charge in [0.2, 0.25) is 5.91 Å². The van der Waals surface area contributed by atoms with Gasteiger partial charge in [-0.1, -0.05) is 42.5 Å². The number of amides is 1. The molecule has 0 bridgehead atoms. The van der Waals surface area contributed by atoms with Gasteiger partial charge in [0, 0.05) is 21.7 Å². The number of carbonyl (C=O) groups is 1. The van der Waals surface area contributed by atoms with E-state index in [9.17, 15) is 13.2 Å². The van der Waals surface area contributed by atoms with Gasteiger partial charge in [-0.25, -0.2) is 8.42 Å². The Kier molecular flexibility index (Phi) is 6.08. The van der Waals surface area contributed by atoms with E-state index in [1.165, 1.54) is 23.1 Å². The van der Waals surface area contributed by atoms with Crippen molar-refractivity contribution in [2.75, 3.05) is 15.8 Å². The standard InChI is InChI=1S/C22H18N2O3S3/c25-21(23-20-8-3-6-16-5-1-2-7-19(16)20)15-29-18-12-10-17(11-13-18)24-30(26,27)22-9-4-14-28-22/h1-14,24H,15H2,(H,23,25). The van der Waals surface area contributed by atoms with Gasteiger partial charge >= 0.3 is 0 Å². The molecule has 0 fully saturated rings. The maximum Gasteiger partial charge on any atom is 0.271 e. The van der Waals surface area contributed by atoms with Crippen molar-refractivity contribution in [2.45, 2.75) is 9.10 Å². The van der Waals surface area contributed by atoms with Gasteiger partial charge in [-0.2, -0.15) is 0 Å². The Labute approximate surface area is 183 Å². The second-order valence-corrected chi connectivity index (χ2v) is 10.3. The normalized spacial score (nSPS) is 11.3. The molecule has 0 spiro atoms. The predicted octanol–water partition coefficient (Wildman–Crippen LogP) is 5.43. The van der Waals surface area contributed by atoms with Crippen LogP contribution >= 0.6 is 23.1 Å². The Morgan fingerprint density at radius 2 is 1.67 bits per heavy atom. The lowest BCUT2D eigenvalue weighted by Crippen LogP contribution is -2.14. The van der Waals surface area contributed by atoms with Crippen molar-refractivity contribution in [3.05, 3.63) is 84.2 Å². The molecule has 0 saturated carbocycles. The third-order valence-corrected chi connectivity index (χ3v) is 8.09. The first-order chi connectivity index (χ1) is 14.5. The fraction of sp³-hybridized carbons (Fsp3) is 0.0455. The zero-order chi connectivity index (χ0) is 21.0. The highest BCUT2D eigenvalue weighted by Gasteiger charge is 2.15. The summed E-state index contributed by atoms with van der Waals surface area (Å²) >= 11 is 2.56. The molecule has 8 heteroatoms. The van der Waals surface area contributed by atoms with Crippen molar-refractivity contribution in [2.24, 2.45) is 0 Å². The average molecular weight is 455 g/mol. The number of carbonyl (C=O) groups excluding carboxylic acids is 1. The molecule has 2 N–H and O–H groups in total. The summed E-state index contributed by atoms with van der Waals surface area (Å²) in [6.45, 7) is 0. The summed E-state index contributed by atoms with van der Waals surface area (Å²) in [5.41, 5.74) is 1.27. The minimum atomic E-state index is -3.56. The summed E-state index contributed by atoms with van der Waals surface area (Å²) < 4.78 is 27.4. The highest BCUT2D eigenvalue weighted by atomic mass is 32.2. The van der Waals surface area contributed by atoms with E-state index >= 15 is 0 Å². The zero-order valence-electron chi connectivity index (χ0n) is 15.7. The van der Waals surface area contributed by atoms with Crippen molar-refractivity contribution in [1.29, 1.82) is 0 Å². The smallest absolute Gasteiger partial charge is 0.271 e. The van der Waals surface area contributed by atoms with E-state index in [1.807, 2.05) is 42.5 Å². The molecular weight excluding hydrogens is 436 g/mol. The number of hydrogen-bond donors (Lipinski definition) is 2. The Hall–Kier alpha value is -2.81. The fourth-order valence-electron chi connectivity index (χ4n) is 2.91. The second-order valence-electron chi connectivity index (χ2n) is 6.43. The van der Waals surface area contributed by atoms with Gasteiger partial charge in [-0.3, -0.25) is 9.52 Å². The van der Waals surface area contributed by atoms with Crippen LogP contribution in [0.25, 0.3) is 10.8 Å². The molecule has 4 aromatic rings. The first kappa shape index (κ1) is 20.5. The third kappa shape index (κ3) is 4.84. The van der Waals surface area contributed by atoms with Gasteiger partial charge < -0.3 is 5.32 Å². The molecule has 0 radical (unpaired) electrons.